The minimum absolute atomic E-state index is 0.0721. The number of fused-ring (bicyclic) bond motifs is 1. The van der Waals surface area contributed by atoms with Crippen LogP contribution in [0.15, 0.2) is 47.8 Å². The zero-order valence-electron chi connectivity index (χ0n) is 17.6. The fourth-order valence-electron chi connectivity index (χ4n) is 3.53. The standard InChI is InChI=1S/C22H20F2N4O3S/c1-4-28-12-25-21-16(11-26-27-22(21)28)13-6-7-17(23)15(8-13)20-18(24)9-14(10-19(20)31-3)32(29,30)5-2/h6-12H,4-5H2,1-3H3. The second-order valence-electron chi connectivity index (χ2n) is 7.04. The highest BCUT2D eigenvalue weighted by Crippen LogP contribution is 2.39. The maximum atomic E-state index is 15.1. The molecule has 0 aliphatic heterocycles. The number of hydrogen-bond donors (Lipinski definition) is 0. The largest absolute Gasteiger partial charge is 0.496 e. The van der Waals surface area contributed by atoms with Crippen molar-refractivity contribution in [2.45, 2.75) is 25.3 Å². The van der Waals surface area contributed by atoms with Crippen LogP contribution in [0.25, 0.3) is 33.4 Å². The maximum absolute atomic E-state index is 15.1. The van der Waals surface area contributed by atoms with Crippen molar-refractivity contribution in [1.82, 2.24) is 19.7 Å². The molecule has 166 valence electrons. The van der Waals surface area contributed by atoms with Gasteiger partial charge in [0.1, 0.15) is 22.9 Å². The molecule has 0 bridgehead atoms. The second kappa shape index (κ2) is 8.27. The van der Waals surface area contributed by atoms with E-state index in [0.717, 1.165) is 6.07 Å². The first-order chi connectivity index (χ1) is 15.3. The number of rotatable bonds is 6. The summed E-state index contributed by atoms with van der Waals surface area (Å²) in [4.78, 5) is 4.17. The predicted octanol–water partition coefficient (Wildman–Crippen LogP) is 4.26. The molecule has 0 aliphatic carbocycles. The van der Waals surface area contributed by atoms with Crippen LogP contribution in [0.2, 0.25) is 0 Å². The quantitative estimate of drug-likeness (QED) is 0.429. The van der Waals surface area contributed by atoms with Crippen LogP contribution in [0.1, 0.15) is 13.8 Å². The van der Waals surface area contributed by atoms with Crippen molar-refractivity contribution in [2.24, 2.45) is 0 Å². The van der Waals surface area contributed by atoms with Crippen LogP contribution < -0.4 is 4.74 Å². The van der Waals surface area contributed by atoms with Gasteiger partial charge in [-0.25, -0.2) is 22.2 Å². The van der Waals surface area contributed by atoms with Gasteiger partial charge in [-0.2, -0.15) is 5.10 Å². The minimum Gasteiger partial charge on any atom is -0.496 e. The molecule has 0 radical (unpaired) electrons. The molecule has 10 heteroatoms. The van der Waals surface area contributed by atoms with E-state index in [1.807, 2.05) is 11.5 Å². The molecule has 0 fully saturated rings. The van der Waals surface area contributed by atoms with Crippen LogP contribution in [-0.4, -0.2) is 41.0 Å². The molecule has 32 heavy (non-hydrogen) atoms. The monoisotopic (exact) mass is 458 g/mol. The number of halogens is 2. The van der Waals surface area contributed by atoms with Crippen molar-refractivity contribution < 1.29 is 21.9 Å². The zero-order valence-corrected chi connectivity index (χ0v) is 18.4. The Morgan fingerprint density at radius 1 is 1.06 bits per heavy atom. The molecule has 2 heterocycles. The normalized spacial score (nSPS) is 11.8. The highest BCUT2D eigenvalue weighted by molar-refractivity contribution is 7.91. The van der Waals surface area contributed by atoms with Gasteiger partial charge in [0.2, 0.25) is 0 Å². The van der Waals surface area contributed by atoms with Gasteiger partial charge in [0.25, 0.3) is 0 Å². The van der Waals surface area contributed by atoms with E-state index in [9.17, 15) is 12.8 Å². The van der Waals surface area contributed by atoms with Crippen LogP contribution in [-0.2, 0) is 16.4 Å². The minimum atomic E-state index is -3.68. The third-order valence-electron chi connectivity index (χ3n) is 5.28. The van der Waals surface area contributed by atoms with Crippen molar-refractivity contribution in [3.8, 4) is 28.0 Å². The van der Waals surface area contributed by atoms with Gasteiger partial charge in [-0.15, -0.1) is 5.10 Å². The highest BCUT2D eigenvalue weighted by Gasteiger charge is 2.23. The molecular weight excluding hydrogens is 438 g/mol. The topological polar surface area (TPSA) is 87.0 Å². The molecule has 4 aromatic rings. The number of sulfone groups is 1. The van der Waals surface area contributed by atoms with Crippen molar-refractivity contribution in [3.05, 3.63) is 54.5 Å². The Morgan fingerprint density at radius 3 is 2.53 bits per heavy atom. The van der Waals surface area contributed by atoms with Crippen molar-refractivity contribution in [2.75, 3.05) is 12.9 Å². The van der Waals surface area contributed by atoms with Crippen LogP contribution in [0.3, 0.4) is 0 Å². The van der Waals surface area contributed by atoms with Crippen LogP contribution >= 0.6 is 0 Å². The van der Waals surface area contributed by atoms with E-state index in [2.05, 4.69) is 15.2 Å². The molecule has 0 spiro atoms. The molecule has 2 aromatic heterocycles. The first kappa shape index (κ1) is 21.8. The first-order valence-electron chi connectivity index (χ1n) is 9.87. The van der Waals surface area contributed by atoms with Gasteiger partial charge in [0.15, 0.2) is 15.5 Å². The number of aromatic nitrogens is 4. The smallest absolute Gasteiger partial charge is 0.183 e. The average molecular weight is 458 g/mol. The van der Waals surface area contributed by atoms with E-state index in [1.54, 1.807) is 12.4 Å². The Balaban J connectivity index is 1.93. The predicted molar refractivity (Wildman–Crippen MR) is 116 cm³/mol. The lowest BCUT2D eigenvalue weighted by atomic mass is 9.98. The maximum Gasteiger partial charge on any atom is 0.183 e. The van der Waals surface area contributed by atoms with E-state index in [0.29, 0.717) is 28.8 Å². The third-order valence-corrected chi connectivity index (χ3v) is 6.99. The van der Waals surface area contributed by atoms with E-state index >= 15 is 4.39 Å². The van der Waals surface area contributed by atoms with Crippen LogP contribution in [0.4, 0.5) is 8.78 Å². The summed E-state index contributed by atoms with van der Waals surface area (Å²) in [6.45, 7) is 4.06. The fourth-order valence-corrected chi connectivity index (χ4v) is 4.43. The Morgan fingerprint density at radius 2 is 1.84 bits per heavy atom. The number of ether oxygens (including phenoxy) is 1. The Kier molecular flexibility index (Phi) is 5.64. The van der Waals surface area contributed by atoms with E-state index in [-0.39, 0.29) is 27.5 Å². The van der Waals surface area contributed by atoms with Crippen molar-refractivity contribution >= 4 is 21.0 Å². The van der Waals surface area contributed by atoms with Crippen LogP contribution in [0.5, 0.6) is 5.75 Å². The van der Waals surface area contributed by atoms with Gasteiger partial charge >= 0.3 is 0 Å². The molecule has 4 rings (SSSR count). The summed E-state index contributed by atoms with van der Waals surface area (Å²) >= 11 is 0. The summed E-state index contributed by atoms with van der Waals surface area (Å²) in [5, 5.41) is 8.14. The lowest BCUT2D eigenvalue weighted by molar-refractivity contribution is 0.411. The summed E-state index contributed by atoms with van der Waals surface area (Å²) in [5.41, 5.74) is 2.07. The molecule has 0 saturated heterocycles. The van der Waals surface area contributed by atoms with E-state index in [4.69, 9.17) is 4.74 Å². The zero-order chi connectivity index (χ0) is 23.0. The fraction of sp³-hybridized carbons (Fsp3) is 0.227. The Labute approximate surface area is 183 Å². The number of benzene rings is 2. The van der Waals surface area contributed by atoms with Crippen molar-refractivity contribution in [1.29, 1.82) is 0 Å². The summed E-state index contributed by atoms with van der Waals surface area (Å²) < 4.78 is 61.5. The summed E-state index contributed by atoms with van der Waals surface area (Å²) in [5.74, 6) is -1.87. The SMILES string of the molecule is CCn1cnc2c(-c3ccc(F)c(-c4c(F)cc(S(=O)(=O)CC)cc4OC)c3)cnnc21. The summed E-state index contributed by atoms with van der Waals surface area (Å²) in [6.07, 6.45) is 3.15. The van der Waals surface area contributed by atoms with Crippen LogP contribution in [0, 0.1) is 11.6 Å². The van der Waals surface area contributed by atoms with E-state index in [1.165, 1.54) is 38.4 Å². The molecule has 0 amide bonds. The van der Waals surface area contributed by atoms with Gasteiger partial charge < -0.3 is 9.30 Å². The first-order valence-corrected chi connectivity index (χ1v) is 11.5. The molecular formula is C22H20F2N4O3S. The molecule has 7 nitrogen and oxygen atoms in total. The lowest BCUT2D eigenvalue weighted by Crippen LogP contribution is -2.06. The average Bonchev–Trinajstić information content (AvgIpc) is 3.22. The lowest BCUT2D eigenvalue weighted by Gasteiger charge is -2.14. The molecule has 0 aliphatic rings. The number of nitrogens with zero attached hydrogens (tertiary/aromatic N) is 4. The van der Waals surface area contributed by atoms with Gasteiger partial charge in [-0.1, -0.05) is 13.0 Å². The molecule has 2 aromatic carbocycles. The number of imidazole rings is 1. The van der Waals surface area contributed by atoms with E-state index < -0.39 is 21.5 Å². The van der Waals surface area contributed by atoms with Gasteiger partial charge in [-0.05, 0) is 36.8 Å². The number of aryl methyl sites for hydroxylation is 1. The Hall–Kier alpha value is -3.40. The molecule has 0 saturated carbocycles. The molecule has 0 unspecified atom stereocenters. The number of methoxy groups -OCH3 is 1. The van der Waals surface area contributed by atoms with Crippen molar-refractivity contribution in [3.63, 3.8) is 0 Å². The molecule has 0 N–H and O–H groups in total. The summed E-state index contributed by atoms with van der Waals surface area (Å²) in [6, 6.07) is 6.31. The Bertz CT molecular complexity index is 1430. The third kappa shape index (κ3) is 3.60. The molecule has 0 atom stereocenters. The highest BCUT2D eigenvalue weighted by atomic mass is 32.2. The summed E-state index contributed by atoms with van der Waals surface area (Å²) in [7, 11) is -2.40. The second-order valence-corrected chi connectivity index (χ2v) is 9.32. The number of hydrogen-bond acceptors (Lipinski definition) is 6. The van der Waals surface area contributed by atoms with Gasteiger partial charge in [0.05, 0.1) is 35.8 Å². The van der Waals surface area contributed by atoms with Gasteiger partial charge in [0, 0.05) is 17.7 Å². The van der Waals surface area contributed by atoms with Gasteiger partial charge in [-0.3, -0.25) is 0 Å².